The van der Waals surface area contributed by atoms with Gasteiger partial charge >= 0.3 is 0 Å². The molecule has 1 saturated heterocycles. The first kappa shape index (κ1) is 16.3. The predicted octanol–water partition coefficient (Wildman–Crippen LogP) is 2.71. The number of rotatable bonds is 4. The van der Waals surface area contributed by atoms with Crippen LogP contribution in [0, 0.1) is 0 Å². The summed E-state index contributed by atoms with van der Waals surface area (Å²) in [6.07, 6.45) is 11.2. The third-order valence-electron chi connectivity index (χ3n) is 5.48. The summed E-state index contributed by atoms with van der Waals surface area (Å²) in [5.41, 5.74) is 0. The molecule has 118 valence electrons. The van der Waals surface area contributed by atoms with Crippen molar-refractivity contribution >= 4 is 0 Å². The van der Waals surface area contributed by atoms with Crippen LogP contribution in [-0.2, 0) is 0 Å². The highest BCUT2D eigenvalue weighted by Crippen LogP contribution is 2.25. The fraction of sp³-hybridized carbons (Fsp3) is 1.00. The standard InChI is InChI=1S/C17H35N3/c1-4-18-16-9-7-5-6-8-10-17(16)20(3)15-11-13-19(2)14-12-15/h15-18H,4-14H2,1-3H3. The average Bonchev–Trinajstić information content (AvgIpc) is 2.42. The maximum atomic E-state index is 3.78. The Morgan fingerprint density at radius 3 is 2.30 bits per heavy atom. The minimum atomic E-state index is 0.713. The lowest BCUT2D eigenvalue weighted by Crippen LogP contribution is -2.54. The molecule has 1 heterocycles. The van der Waals surface area contributed by atoms with Gasteiger partial charge in [-0.2, -0.15) is 0 Å². The minimum Gasteiger partial charge on any atom is -0.313 e. The molecular formula is C17H35N3. The smallest absolute Gasteiger partial charge is 0.0249 e. The van der Waals surface area contributed by atoms with Gasteiger partial charge in [0, 0.05) is 18.1 Å². The first-order valence-corrected chi connectivity index (χ1v) is 8.86. The van der Waals surface area contributed by atoms with E-state index in [4.69, 9.17) is 0 Å². The van der Waals surface area contributed by atoms with Gasteiger partial charge in [-0.1, -0.05) is 32.6 Å². The maximum Gasteiger partial charge on any atom is 0.0249 e. The Balaban J connectivity index is 1.96. The van der Waals surface area contributed by atoms with Crippen LogP contribution in [0.15, 0.2) is 0 Å². The molecule has 2 rings (SSSR count). The summed E-state index contributed by atoms with van der Waals surface area (Å²) in [7, 11) is 4.65. The maximum absolute atomic E-state index is 3.78. The van der Waals surface area contributed by atoms with Crippen molar-refractivity contribution in [2.24, 2.45) is 0 Å². The highest BCUT2D eigenvalue weighted by Gasteiger charge is 2.30. The molecule has 3 heteroatoms. The van der Waals surface area contributed by atoms with Crippen molar-refractivity contribution in [3.8, 4) is 0 Å². The molecule has 3 nitrogen and oxygen atoms in total. The van der Waals surface area contributed by atoms with Gasteiger partial charge in [-0.15, -0.1) is 0 Å². The fourth-order valence-corrected chi connectivity index (χ4v) is 4.13. The van der Waals surface area contributed by atoms with E-state index in [0.29, 0.717) is 6.04 Å². The van der Waals surface area contributed by atoms with Crippen LogP contribution in [0.2, 0.25) is 0 Å². The average molecular weight is 281 g/mol. The minimum absolute atomic E-state index is 0.713. The fourth-order valence-electron chi connectivity index (χ4n) is 4.13. The molecule has 2 atom stereocenters. The molecule has 1 N–H and O–H groups in total. The van der Waals surface area contributed by atoms with Crippen molar-refractivity contribution in [1.82, 2.24) is 15.1 Å². The topological polar surface area (TPSA) is 18.5 Å². The van der Waals surface area contributed by atoms with E-state index >= 15 is 0 Å². The number of likely N-dealkylation sites (tertiary alicyclic amines) is 1. The molecular weight excluding hydrogens is 246 g/mol. The first-order valence-electron chi connectivity index (χ1n) is 8.86. The molecule has 1 aliphatic heterocycles. The van der Waals surface area contributed by atoms with Gasteiger partial charge in [0.05, 0.1) is 0 Å². The lowest BCUT2D eigenvalue weighted by atomic mass is 9.89. The third-order valence-corrected chi connectivity index (χ3v) is 5.48. The molecule has 2 aliphatic rings. The van der Waals surface area contributed by atoms with Gasteiger partial charge < -0.3 is 10.2 Å². The van der Waals surface area contributed by atoms with E-state index in [9.17, 15) is 0 Å². The molecule has 0 aromatic carbocycles. The van der Waals surface area contributed by atoms with Crippen molar-refractivity contribution in [3.05, 3.63) is 0 Å². The molecule has 1 aliphatic carbocycles. The first-order chi connectivity index (χ1) is 9.72. The van der Waals surface area contributed by atoms with E-state index in [2.05, 4.69) is 36.1 Å². The zero-order chi connectivity index (χ0) is 14.4. The van der Waals surface area contributed by atoms with Gasteiger partial charge in [-0.05, 0) is 59.4 Å². The summed E-state index contributed by atoms with van der Waals surface area (Å²) < 4.78 is 0. The van der Waals surface area contributed by atoms with Crippen molar-refractivity contribution in [2.75, 3.05) is 33.7 Å². The number of hydrogen-bond acceptors (Lipinski definition) is 3. The Morgan fingerprint density at radius 1 is 1.00 bits per heavy atom. The summed E-state index contributed by atoms with van der Waals surface area (Å²) in [6.45, 7) is 5.91. The number of hydrogen-bond donors (Lipinski definition) is 1. The van der Waals surface area contributed by atoms with Crippen LogP contribution in [0.25, 0.3) is 0 Å². The van der Waals surface area contributed by atoms with Crippen LogP contribution in [0.4, 0.5) is 0 Å². The van der Waals surface area contributed by atoms with Crippen LogP contribution in [0.1, 0.15) is 58.3 Å². The highest BCUT2D eigenvalue weighted by molar-refractivity contribution is 4.89. The van der Waals surface area contributed by atoms with E-state index in [1.54, 1.807) is 0 Å². The monoisotopic (exact) mass is 281 g/mol. The van der Waals surface area contributed by atoms with Gasteiger partial charge in [-0.25, -0.2) is 0 Å². The Kier molecular flexibility index (Phi) is 6.79. The van der Waals surface area contributed by atoms with Gasteiger partial charge in [0.1, 0.15) is 0 Å². The zero-order valence-corrected chi connectivity index (χ0v) is 13.9. The molecule has 0 aromatic heterocycles. The van der Waals surface area contributed by atoms with Gasteiger partial charge in [0.25, 0.3) is 0 Å². The molecule has 1 saturated carbocycles. The van der Waals surface area contributed by atoms with Gasteiger partial charge in [-0.3, -0.25) is 4.90 Å². The predicted molar refractivity (Wildman–Crippen MR) is 87.2 cm³/mol. The highest BCUT2D eigenvalue weighted by atomic mass is 15.2. The molecule has 0 bridgehead atoms. The molecule has 0 spiro atoms. The van der Waals surface area contributed by atoms with Crippen LogP contribution >= 0.6 is 0 Å². The van der Waals surface area contributed by atoms with Crippen molar-refractivity contribution in [3.63, 3.8) is 0 Å². The lowest BCUT2D eigenvalue weighted by molar-refractivity contribution is 0.0764. The second-order valence-corrected chi connectivity index (χ2v) is 6.92. The summed E-state index contributed by atoms with van der Waals surface area (Å²) in [6, 6.07) is 2.27. The van der Waals surface area contributed by atoms with E-state index in [1.807, 2.05) is 0 Å². The van der Waals surface area contributed by atoms with Gasteiger partial charge in [0.2, 0.25) is 0 Å². The van der Waals surface area contributed by atoms with E-state index in [0.717, 1.165) is 18.6 Å². The summed E-state index contributed by atoms with van der Waals surface area (Å²) in [5.74, 6) is 0. The summed E-state index contributed by atoms with van der Waals surface area (Å²) in [4.78, 5) is 5.22. The summed E-state index contributed by atoms with van der Waals surface area (Å²) in [5, 5.41) is 3.78. The number of nitrogens with one attached hydrogen (secondary N) is 1. The molecule has 20 heavy (non-hydrogen) atoms. The van der Waals surface area contributed by atoms with E-state index < -0.39 is 0 Å². The molecule has 0 aromatic rings. The van der Waals surface area contributed by atoms with Crippen LogP contribution in [0.5, 0.6) is 0 Å². The SMILES string of the molecule is CCNC1CCCCCCC1N(C)C1CCN(C)CC1. The van der Waals surface area contributed by atoms with E-state index in [-0.39, 0.29) is 0 Å². The largest absolute Gasteiger partial charge is 0.313 e. The van der Waals surface area contributed by atoms with Crippen molar-refractivity contribution < 1.29 is 0 Å². The Morgan fingerprint density at radius 2 is 1.65 bits per heavy atom. The zero-order valence-electron chi connectivity index (χ0n) is 13.9. The van der Waals surface area contributed by atoms with E-state index in [1.165, 1.54) is 64.5 Å². The third kappa shape index (κ3) is 4.44. The normalized spacial score (nSPS) is 31.2. The van der Waals surface area contributed by atoms with Crippen molar-refractivity contribution in [2.45, 2.75) is 76.4 Å². The van der Waals surface area contributed by atoms with Crippen LogP contribution in [-0.4, -0.2) is 61.7 Å². The lowest BCUT2D eigenvalue weighted by Gasteiger charge is -2.43. The Hall–Kier alpha value is -0.120. The second-order valence-electron chi connectivity index (χ2n) is 6.92. The number of piperidine rings is 1. The Bertz CT molecular complexity index is 261. The van der Waals surface area contributed by atoms with Crippen molar-refractivity contribution in [1.29, 1.82) is 0 Å². The van der Waals surface area contributed by atoms with Gasteiger partial charge in [0.15, 0.2) is 0 Å². The molecule has 2 fully saturated rings. The molecule has 0 radical (unpaired) electrons. The summed E-state index contributed by atoms with van der Waals surface area (Å²) >= 11 is 0. The quantitative estimate of drug-likeness (QED) is 0.855. The Labute approximate surface area is 126 Å². The second kappa shape index (κ2) is 8.35. The molecule has 2 unspecified atom stereocenters. The van der Waals surface area contributed by atoms with Crippen LogP contribution < -0.4 is 5.32 Å². The number of likely N-dealkylation sites (N-methyl/N-ethyl adjacent to an activating group) is 2. The molecule has 0 amide bonds. The van der Waals surface area contributed by atoms with Crippen LogP contribution in [0.3, 0.4) is 0 Å². The number of nitrogens with zero attached hydrogens (tertiary/aromatic N) is 2.